The van der Waals surface area contributed by atoms with Crippen molar-refractivity contribution in [2.75, 3.05) is 40.4 Å². The molecule has 162 valence electrons. The number of rotatable bonds is 5. The number of nitrogens with zero attached hydrogens (tertiary/aromatic N) is 2. The molecule has 2 aromatic rings. The lowest BCUT2D eigenvalue weighted by Gasteiger charge is -2.38. The minimum Gasteiger partial charge on any atom is -0.497 e. The fourth-order valence-electron chi connectivity index (χ4n) is 3.49. The van der Waals surface area contributed by atoms with Crippen molar-refractivity contribution in [1.29, 1.82) is 0 Å². The predicted octanol–water partition coefficient (Wildman–Crippen LogP) is 2.28. The quantitative estimate of drug-likeness (QED) is 0.781. The van der Waals surface area contributed by atoms with Gasteiger partial charge in [0.25, 0.3) is 5.91 Å². The lowest BCUT2D eigenvalue weighted by Crippen LogP contribution is -2.57. The summed E-state index contributed by atoms with van der Waals surface area (Å²) in [7, 11) is 3.08. The highest BCUT2D eigenvalue weighted by molar-refractivity contribution is 5.97. The number of hydrogen-bond donors (Lipinski definition) is 1. The molecule has 0 bridgehead atoms. The van der Waals surface area contributed by atoms with Crippen LogP contribution in [0.5, 0.6) is 11.5 Å². The molecule has 1 aliphatic heterocycles. The van der Waals surface area contributed by atoms with Gasteiger partial charge in [-0.1, -0.05) is 30.3 Å². The van der Waals surface area contributed by atoms with Crippen molar-refractivity contribution in [3.63, 3.8) is 0 Å². The van der Waals surface area contributed by atoms with E-state index in [0.29, 0.717) is 43.2 Å². The summed E-state index contributed by atoms with van der Waals surface area (Å²) in [6.45, 7) is 3.46. The van der Waals surface area contributed by atoms with E-state index in [0.717, 1.165) is 5.56 Å². The van der Waals surface area contributed by atoms with Crippen molar-refractivity contribution in [1.82, 2.24) is 9.80 Å². The molecular weight excluding hydrogens is 406 g/mol. The Morgan fingerprint density at radius 2 is 1.53 bits per heavy atom. The monoisotopic (exact) mass is 433 g/mol. The lowest BCUT2D eigenvalue weighted by atomic mass is 9.91. The van der Waals surface area contributed by atoms with Gasteiger partial charge < -0.3 is 25.0 Å². The van der Waals surface area contributed by atoms with Gasteiger partial charge in [-0.05, 0) is 24.6 Å². The van der Waals surface area contributed by atoms with Crippen LogP contribution in [0.4, 0.5) is 0 Å². The summed E-state index contributed by atoms with van der Waals surface area (Å²) in [4.78, 5) is 29.4. The molecule has 0 aromatic heterocycles. The molecule has 30 heavy (non-hydrogen) atoms. The Morgan fingerprint density at radius 1 is 0.933 bits per heavy atom. The summed E-state index contributed by atoms with van der Waals surface area (Å²) in [6, 6.07) is 14.5. The van der Waals surface area contributed by atoms with Gasteiger partial charge in [0.1, 0.15) is 17.0 Å². The Balaban J connectivity index is 0.00000320. The number of benzene rings is 2. The van der Waals surface area contributed by atoms with Crippen LogP contribution in [0.3, 0.4) is 0 Å². The zero-order valence-electron chi connectivity index (χ0n) is 17.5. The van der Waals surface area contributed by atoms with Gasteiger partial charge in [-0.2, -0.15) is 0 Å². The number of hydrogen-bond acceptors (Lipinski definition) is 5. The molecule has 8 heteroatoms. The lowest BCUT2D eigenvalue weighted by molar-refractivity contribution is -0.138. The fourth-order valence-corrected chi connectivity index (χ4v) is 3.49. The van der Waals surface area contributed by atoms with Crippen molar-refractivity contribution in [2.24, 2.45) is 5.73 Å². The van der Waals surface area contributed by atoms with Crippen LogP contribution in [0, 0.1) is 0 Å². The van der Waals surface area contributed by atoms with E-state index in [1.165, 1.54) is 7.11 Å². The molecule has 1 aliphatic rings. The first-order valence-electron chi connectivity index (χ1n) is 9.53. The van der Waals surface area contributed by atoms with Crippen molar-refractivity contribution in [3.8, 4) is 11.5 Å². The van der Waals surface area contributed by atoms with Crippen molar-refractivity contribution in [2.45, 2.75) is 12.5 Å². The van der Waals surface area contributed by atoms with E-state index >= 15 is 0 Å². The van der Waals surface area contributed by atoms with E-state index in [-0.39, 0.29) is 24.2 Å². The zero-order chi connectivity index (χ0) is 21.0. The Hall–Kier alpha value is -2.77. The van der Waals surface area contributed by atoms with E-state index in [2.05, 4.69) is 0 Å². The van der Waals surface area contributed by atoms with Crippen LogP contribution in [0.1, 0.15) is 22.8 Å². The standard InChI is InChI=1S/C22H27N3O4.ClH/c1-22(23,16-7-5-4-6-8-16)21(27)25-13-11-24(12-14-25)20(26)18-10-9-17(28-2)15-19(18)29-3;/h4-10,15H,11-14,23H2,1-3H3;1H. The van der Waals surface area contributed by atoms with Gasteiger partial charge in [0.15, 0.2) is 0 Å². The maximum absolute atomic E-state index is 13.0. The summed E-state index contributed by atoms with van der Waals surface area (Å²) in [6.07, 6.45) is 0. The molecule has 1 atom stereocenters. The van der Waals surface area contributed by atoms with Crippen LogP contribution in [0.15, 0.2) is 48.5 Å². The van der Waals surface area contributed by atoms with E-state index < -0.39 is 5.54 Å². The molecule has 7 nitrogen and oxygen atoms in total. The SMILES string of the molecule is COc1ccc(C(=O)N2CCN(C(=O)C(C)(N)c3ccccc3)CC2)c(OC)c1.Cl. The first kappa shape index (κ1) is 23.5. The average molecular weight is 434 g/mol. The topological polar surface area (TPSA) is 85.1 Å². The normalized spacial score (nSPS) is 15.6. The first-order valence-corrected chi connectivity index (χ1v) is 9.53. The average Bonchev–Trinajstić information content (AvgIpc) is 2.78. The van der Waals surface area contributed by atoms with E-state index in [1.807, 2.05) is 30.3 Å². The van der Waals surface area contributed by atoms with Crippen LogP contribution in [-0.4, -0.2) is 62.0 Å². The number of ether oxygens (including phenoxy) is 2. The minimum atomic E-state index is -1.10. The Bertz CT molecular complexity index is 881. The summed E-state index contributed by atoms with van der Waals surface area (Å²) >= 11 is 0. The third kappa shape index (κ3) is 4.68. The molecule has 2 N–H and O–H groups in total. The molecule has 0 saturated carbocycles. The van der Waals surface area contributed by atoms with Crippen LogP contribution in [0.2, 0.25) is 0 Å². The molecule has 0 aliphatic carbocycles. The number of methoxy groups -OCH3 is 2. The summed E-state index contributed by atoms with van der Waals surface area (Å²) in [5.41, 5.74) is 6.50. The fraction of sp³-hybridized carbons (Fsp3) is 0.364. The van der Waals surface area contributed by atoms with E-state index in [1.54, 1.807) is 42.0 Å². The Labute approximate surface area is 183 Å². The highest BCUT2D eigenvalue weighted by Gasteiger charge is 2.36. The third-order valence-electron chi connectivity index (χ3n) is 5.31. The molecule has 0 spiro atoms. The van der Waals surface area contributed by atoms with Crippen molar-refractivity contribution in [3.05, 3.63) is 59.7 Å². The van der Waals surface area contributed by atoms with Crippen LogP contribution >= 0.6 is 12.4 Å². The van der Waals surface area contributed by atoms with Gasteiger partial charge in [-0.15, -0.1) is 12.4 Å². The number of amides is 2. The summed E-state index contributed by atoms with van der Waals surface area (Å²) in [5.74, 6) is 0.816. The highest BCUT2D eigenvalue weighted by atomic mass is 35.5. The number of carbonyl (C=O) groups is 2. The van der Waals surface area contributed by atoms with E-state index in [9.17, 15) is 9.59 Å². The van der Waals surface area contributed by atoms with Gasteiger partial charge in [-0.25, -0.2) is 0 Å². The van der Waals surface area contributed by atoms with Gasteiger partial charge >= 0.3 is 0 Å². The molecule has 1 saturated heterocycles. The van der Waals surface area contributed by atoms with Crippen molar-refractivity contribution < 1.29 is 19.1 Å². The second-order valence-corrected chi connectivity index (χ2v) is 7.22. The van der Waals surface area contributed by atoms with Crippen LogP contribution < -0.4 is 15.2 Å². The van der Waals surface area contributed by atoms with Crippen molar-refractivity contribution >= 4 is 24.2 Å². The maximum Gasteiger partial charge on any atom is 0.257 e. The van der Waals surface area contributed by atoms with Crippen LogP contribution in [0.25, 0.3) is 0 Å². The predicted molar refractivity (Wildman–Crippen MR) is 117 cm³/mol. The minimum absolute atomic E-state index is 0. The molecule has 1 heterocycles. The second kappa shape index (κ2) is 9.82. The molecule has 1 unspecified atom stereocenters. The second-order valence-electron chi connectivity index (χ2n) is 7.22. The van der Waals surface area contributed by atoms with E-state index in [4.69, 9.17) is 15.2 Å². The van der Waals surface area contributed by atoms with Gasteiger partial charge in [-0.3, -0.25) is 9.59 Å². The Morgan fingerprint density at radius 3 is 2.10 bits per heavy atom. The maximum atomic E-state index is 13.0. The largest absolute Gasteiger partial charge is 0.497 e. The Kier molecular flexibility index (Phi) is 7.70. The summed E-state index contributed by atoms with van der Waals surface area (Å²) < 4.78 is 10.5. The highest BCUT2D eigenvalue weighted by Crippen LogP contribution is 2.27. The van der Waals surface area contributed by atoms with Crippen LogP contribution in [-0.2, 0) is 10.3 Å². The zero-order valence-corrected chi connectivity index (χ0v) is 18.3. The number of halogens is 1. The molecule has 2 aromatic carbocycles. The smallest absolute Gasteiger partial charge is 0.257 e. The van der Waals surface area contributed by atoms with Gasteiger partial charge in [0.05, 0.1) is 19.8 Å². The first-order chi connectivity index (χ1) is 13.9. The molecule has 2 amide bonds. The number of piperazine rings is 1. The third-order valence-corrected chi connectivity index (χ3v) is 5.31. The molecular formula is C22H28ClN3O4. The molecule has 1 fully saturated rings. The van der Waals surface area contributed by atoms with Gasteiger partial charge in [0.2, 0.25) is 5.91 Å². The number of carbonyl (C=O) groups excluding carboxylic acids is 2. The molecule has 3 rings (SSSR count). The van der Waals surface area contributed by atoms with Gasteiger partial charge in [0, 0.05) is 32.2 Å². The number of nitrogens with two attached hydrogens (primary N) is 1. The molecule has 0 radical (unpaired) electrons. The summed E-state index contributed by atoms with van der Waals surface area (Å²) in [5, 5.41) is 0.